The summed E-state index contributed by atoms with van der Waals surface area (Å²) >= 11 is 1.60. The maximum atomic E-state index is 12.0. The van der Waals surface area contributed by atoms with Crippen LogP contribution in [-0.4, -0.2) is 42.7 Å². The minimum atomic E-state index is -0.737. The van der Waals surface area contributed by atoms with Gasteiger partial charge in [-0.05, 0) is 37.1 Å². The molecule has 2 N–H and O–H groups in total. The standard InChI is InChI=1S/C22H21N3O6S/c26-19(25-22(28)23-14-8-9-16-17(12-14)30-11-10-29-16)13-31-21(27)7-3-6-20-24-15-4-1-2-5-18(15)32-20/h1-2,4-5,8-9,12H,3,6-7,10-11,13H2,(H2,23,25,26,28). The number of urea groups is 1. The predicted molar refractivity (Wildman–Crippen MR) is 118 cm³/mol. The molecule has 0 radical (unpaired) electrons. The normalized spacial score (nSPS) is 12.2. The first kappa shape index (κ1) is 21.6. The monoisotopic (exact) mass is 455 g/mol. The van der Waals surface area contributed by atoms with E-state index in [1.807, 2.05) is 24.3 Å². The second-order valence-electron chi connectivity index (χ2n) is 6.95. The molecule has 2 aromatic carbocycles. The summed E-state index contributed by atoms with van der Waals surface area (Å²) in [5, 5.41) is 5.59. The van der Waals surface area contributed by atoms with Crippen LogP contribution in [0.2, 0.25) is 0 Å². The van der Waals surface area contributed by atoms with Crippen molar-refractivity contribution in [2.45, 2.75) is 19.3 Å². The van der Waals surface area contributed by atoms with Crippen LogP contribution in [0.4, 0.5) is 10.5 Å². The number of aromatic nitrogens is 1. The molecule has 1 aromatic heterocycles. The highest BCUT2D eigenvalue weighted by atomic mass is 32.1. The molecule has 0 saturated carbocycles. The highest BCUT2D eigenvalue weighted by Crippen LogP contribution is 2.32. The molecule has 0 atom stereocenters. The van der Waals surface area contributed by atoms with Crippen LogP contribution in [0.25, 0.3) is 10.2 Å². The average molecular weight is 455 g/mol. The number of benzene rings is 2. The third-order valence-corrected chi connectivity index (χ3v) is 5.62. The molecule has 0 unspecified atom stereocenters. The van der Waals surface area contributed by atoms with Crippen LogP contribution in [0, 0.1) is 0 Å². The third-order valence-electron chi connectivity index (χ3n) is 4.53. The number of carbonyl (C=O) groups excluding carboxylic acids is 3. The van der Waals surface area contributed by atoms with Gasteiger partial charge in [0, 0.05) is 18.2 Å². The zero-order valence-electron chi connectivity index (χ0n) is 17.1. The number of rotatable bonds is 7. The van der Waals surface area contributed by atoms with Gasteiger partial charge < -0.3 is 19.5 Å². The van der Waals surface area contributed by atoms with Gasteiger partial charge in [-0.2, -0.15) is 0 Å². The summed E-state index contributed by atoms with van der Waals surface area (Å²) in [6, 6.07) is 12.0. The number of ether oxygens (including phenoxy) is 3. The van der Waals surface area contributed by atoms with Gasteiger partial charge in [-0.25, -0.2) is 9.78 Å². The van der Waals surface area contributed by atoms with Crippen LogP contribution in [-0.2, 0) is 20.7 Å². The average Bonchev–Trinajstić information content (AvgIpc) is 3.20. The fourth-order valence-electron chi connectivity index (χ4n) is 3.08. The molecule has 0 saturated heterocycles. The van der Waals surface area contributed by atoms with E-state index >= 15 is 0 Å². The fraction of sp³-hybridized carbons (Fsp3) is 0.273. The molecule has 0 fully saturated rings. The third kappa shape index (κ3) is 5.73. The number of amides is 3. The summed E-state index contributed by atoms with van der Waals surface area (Å²) < 4.78 is 16.9. The van der Waals surface area contributed by atoms with Crippen LogP contribution >= 0.6 is 11.3 Å². The Labute approximate surface area is 187 Å². The molecule has 32 heavy (non-hydrogen) atoms. The number of nitrogens with one attached hydrogen (secondary N) is 2. The molecular formula is C22H21N3O6S. The van der Waals surface area contributed by atoms with E-state index in [9.17, 15) is 14.4 Å². The number of esters is 1. The van der Waals surface area contributed by atoms with Crippen LogP contribution in [0.3, 0.4) is 0 Å². The summed E-state index contributed by atoms with van der Waals surface area (Å²) in [5.41, 5.74) is 1.38. The summed E-state index contributed by atoms with van der Waals surface area (Å²) in [6.45, 7) is 0.358. The van der Waals surface area contributed by atoms with E-state index in [4.69, 9.17) is 14.2 Å². The van der Waals surface area contributed by atoms with Crippen molar-refractivity contribution in [2.24, 2.45) is 0 Å². The van der Waals surface area contributed by atoms with Gasteiger partial charge in [0.2, 0.25) is 0 Å². The topological polar surface area (TPSA) is 116 Å². The second kappa shape index (κ2) is 10.1. The van der Waals surface area contributed by atoms with Crippen LogP contribution in [0.15, 0.2) is 42.5 Å². The number of nitrogens with zero attached hydrogens (tertiary/aromatic N) is 1. The number of hydrogen-bond acceptors (Lipinski definition) is 8. The first-order chi connectivity index (χ1) is 15.6. The molecule has 1 aliphatic rings. The number of hydrogen-bond donors (Lipinski definition) is 2. The Hall–Kier alpha value is -3.66. The highest BCUT2D eigenvalue weighted by molar-refractivity contribution is 7.18. The molecule has 4 rings (SSSR count). The first-order valence-corrected chi connectivity index (χ1v) is 10.9. The Bertz CT molecular complexity index is 1110. The Morgan fingerprint density at radius 2 is 1.88 bits per heavy atom. The lowest BCUT2D eigenvalue weighted by Gasteiger charge is -2.19. The second-order valence-corrected chi connectivity index (χ2v) is 8.07. The van der Waals surface area contributed by atoms with Gasteiger partial charge in [0.1, 0.15) is 13.2 Å². The summed E-state index contributed by atoms with van der Waals surface area (Å²) in [6.07, 6.45) is 1.37. The number of para-hydroxylation sites is 1. The Balaban J connectivity index is 1.15. The van der Waals surface area contributed by atoms with E-state index in [0.717, 1.165) is 15.2 Å². The number of thiazole rings is 1. The molecule has 0 aliphatic carbocycles. The minimum absolute atomic E-state index is 0.159. The number of imide groups is 1. The van der Waals surface area contributed by atoms with E-state index in [1.165, 1.54) is 0 Å². The number of fused-ring (bicyclic) bond motifs is 2. The van der Waals surface area contributed by atoms with Crippen LogP contribution in [0.1, 0.15) is 17.8 Å². The number of anilines is 1. The predicted octanol–water partition coefficient (Wildman–Crippen LogP) is 3.28. The molecule has 3 aromatic rings. The molecule has 2 heterocycles. The minimum Gasteiger partial charge on any atom is -0.486 e. The van der Waals surface area contributed by atoms with Crippen molar-refractivity contribution >= 4 is 45.1 Å². The largest absolute Gasteiger partial charge is 0.486 e. The van der Waals surface area contributed by atoms with Gasteiger partial charge in [0.25, 0.3) is 5.91 Å². The van der Waals surface area contributed by atoms with Crippen molar-refractivity contribution in [1.29, 1.82) is 0 Å². The van der Waals surface area contributed by atoms with E-state index in [-0.39, 0.29) is 6.42 Å². The molecule has 1 aliphatic heterocycles. The van der Waals surface area contributed by atoms with Crippen molar-refractivity contribution in [2.75, 3.05) is 25.1 Å². The van der Waals surface area contributed by atoms with Crippen molar-refractivity contribution in [3.8, 4) is 11.5 Å². The number of aryl methyl sites for hydroxylation is 1. The number of carbonyl (C=O) groups is 3. The van der Waals surface area contributed by atoms with Crippen molar-refractivity contribution < 1.29 is 28.6 Å². The molecule has 10 heteroatoms. The van der Waals surface area contributed by atoms with Gasteiger partial charge in [0.15, 0.2) is 18.1 Å². The summed E-state index contributed by atoms with van der Waals surface area (Å²) in [4.78, 5) is 40.2. The lowest BCUT2D eigenvalue weighted by molar-refractivity contribution is -0.148. The molecular weight excluding hydrogens is 434 g/mol. The van der Waals surface area contributed by atoms with Crippen molar-refractivity contribution in [3.05, 3.63) is 47.5 Å². The maximum absolute atomic E-state index is 12.0. The van der Waals surface area contributed by atoms with E-state index < -0.39 is 24.5 Å². The molecule has 166 valence electrons. The van der Waals surface area contributed by atoms with Gasteiger partial charge in [0.05, 0.1) is 15.2 Å². The van der Waals surface area contributed by atoms with E-state index in [1.54, 1.807) is 29.5 Å². The lowest BCUT2D eigenvalue weighted by atomic mass is 10.2. The van der Waals surface area contributed by atoms with Crippen molar-refractivity contribution in [3.63, 3.8) is 0 Å². The molecule has 0 bridgehead atoms. The summed E-state index contributed by atoms with van der Waals surface area (Å²) in [5.74, 6) is -0.124. The Morgan fingerprint density at radius 3 is 2.72 bits per heavy atom. The zero-order valence-corrected chi connectivity index (χ0v) is 17.9. The van der Waals surface area contributed by atoms with E-state index in [0.29, 0.717) is 43.2 Å². The van der Waals surface area contributed by atoms with Gasteiger partial charge in [-0.1, -0.05) is 12.1 Å². The Kier molecular flexibility index (Phi) is 6.81. The molecule has 9 nitrogen and oxygen atoms in total. The van der Waals surface area contributed by atoms with E-state index in [2.05, 4.69) is 15.6 Å². The quantitative estimate of drug-likeness (QED) is 0.525. The zero-order chi connectivity index (χ0) is 22.3. The van der Waals surface area contributed by atoms with Crippen molar-refractivity contribution in [1.82, 2.24) is 10.3 Å². The molecule has 3 amide bonds. The van der Waals surface area contributed by atoms with Crippen LogP contribution in [0.5, 0.6) is 11.5 Å². The van der Waals surface area contributed by atoms with Gasteiger partial charge >= 0.3 is 12.0 Å². The first-order valence-electron chi connectivity index (χ1n) is 10.1. The highest BCUT2D eigenvalue weighted by Gasteiger charge is 2.15. The maximum Gasteiger partial charge on any atom is 0.325 e. The SMILES string of the molecule is O=C(COC(=O)CCCc1nc2ccccc2s1)NC(=O)Nc1ccc2c(c1)OCCO2. The van der Waals surface area contributed by atoms with Gasteiger partial charge in [-0.3, -0.25) is 14.9 Å². The smallest absolute Gasteiger partial charge is 0.325 e. The van der Waals surface area contributed by atoms with Crippen LogP contribution < -0.4 is 20.1 Å². The van der Waals surface area contributed by atoms with Gasteiger partial charge in [-0.15, -0.1) is 11.3 Å². The summed E-state index contributed by atoms with van der Waals surface area (Å²) in [7, 11) is 0. The fourth-order valence-corrected chi connectivity index (χ4v) is 4.08. The molecule has 0 spiro atoms. The lowest BCUT2D eigenvalue weighted by Crippen LogP contribution is -2.37. The Morgan fingerprint density at radius 1 is 1.06 bits per heavy atom.